The van der Waals surface area contributed by atoms with Crippen LogP contribution in [0.4, 0.5) is 5.69 Å². The first-order chi connectivity index (χ1) is 15.8. The average molecular weight is 444 g/mol. The number of hydrogen-bond acceptors (Lipinski definition) is 5. The first-order valence-electron chi connectivity index (χ1n) is 10.9. The second-order valence-electron chi connectivity index (χ2n) is 8.72. The number of carbonyl (C=O) groups excluding carboxylic acids is 1. The lowest BCUT2D eigenvalue weighted by Gasteiger charge is -2.43. The van der Waals surface area contributed by atoms with Crippen molar-refractivity contribution in [3.8, 4) is 17.2 Å². The second kappa shape index (κ2) is 9.02. The van der Waals surface area contributed by atoms with Crippen molar-refractivity contribution in [3.05, 3.63) is 89.5 Å². The van der Waals surface area contributed by atoms with E-state index in [-0.39, 0.29) is 5.54 Å². The fraction of sp³-hybridized carbons (Fsp3) is 0.250. The number of carbonyl (C=O) groups is 1. The fourth-order valence-electron chi connectivity index (χ4n) is 4.27. The molecule has 0 saturated carbocycles. The number of ether oxygens (including phenoxy) is 3. The normalized spacial score (nSPS) is 14.2. The molecule has 3 aromatic rings. The lowest BCUT2D eigenvalue weighted by atomic mass is 9.88. The van der Waals surface area contributed by atoms with Crippen molar-refractivity contribution in [3.63, 3.8) is 0 Å². The van der Waals surface area contributed by atoms with Crippen molar-refractivity contribution in [2.75, 3.05) is 19.1 Å². The van der Waals surface area contributed by atoms with Crippen LogP contribution in [-0.2, 0) is 6.54 Å². The maximum atomic E-state index is 12.9. The first-order valence-corrected chi connectivity index (χ1v) is 10.9. The van der Waals surface area contributed by atoms with Gasteiger partial charge in [0.05, 0.1) is 25.3 Å². The molecule has 0 amide bonds. The zero-order chi connectivity index (χ0) is 23.6. The van der Waals surface area contributed by atoms with Gasteiger partial charge in [-0.25, -0.2) is 4.79 Å². The Morgan fingerprint density at radius 3 is 2.18 bits per heavy atom. The van der Waals surface area contributed by atoms with E-state index in [4.69, 9.17) is 14.2 Å². The molecule has 5 heteroatoms. The standard InChI is InChI=1S/C28H29NO4/c1-19-17-28(2,3)29(18-20-9-7-6-8-10-20)26-12-11-22(16-25(19)26)33-27(30)21-13-23(31-4)15-24(14-21)32-5/h6-17H,18H2,1-5H3. The number of allylic oxidation sites excluding steroid dienone is 1. The van der Waals surface area contributed by atoms with Crippen LogP contribution in [-0.4, -0.2) is 25.7 Å². The molecular formula is C28H29NO4. The molecule has 1 aliphatic heterocycles. The Kier molecular flexibility index (Phi) is 6.14. The van der Waals surface area contributed by atoms with E-state index >= 15 is 0 Å². The minimum absolute atomic E-state index is 0.151. The lowest BCUT2D eigenvalue weighted by molar-refractivity contribution is 0.0734. The zero-order valence-electron chi connectivity index (χ0n) is 19.7. The summed E-state index contributed by atoms with van der Waals surface area (Å²) in [6, 6.07) is 21.2. The number of rotatable bonds is 6. The molecule has 1 aliphatic rings. The van der Waals surface area contributed by atoms with Gasteiger partial charge in [0.2, 0.25) is 0 Å². The number of anilines is 1. The van der Waals surface area contributed by atoms with Crippen LogP contribution in [0.3, 0.4) is 0 Å². The SMILES string of the molecule is COc1cc(OC)cc(C(=O)Oc2ccc3c(c2)C(C)=CC(C)(C)N3Cc2ccccc2)c1. The molecule has 1 heterocycles. The minimum Gasteiger partial charge on any atom is -0.497 e. The van der Waals surface area contributed by atoms with Gasteiger partial charge >= 0.3 is 5.97 Å². The van der Waals surface area contributed by atoms with Crippen molar-refractivity contribution >= 4 is 17.2 Å². The maximum absolute atomic E-state index is 12.9. The number of fused-ring (bicyclic) bond motifs is 1. The average Bonchev–Trinajstić information content (AvgIpc) is 2.81. The molecule has 5 nitrogen and oxygen atoms in total. The summed E-state index contributed by atoms with van der Waals surface area (Å²) in [5.41, 5.74) is 4.78. The Morgan fingerprint density at radius 2 is 1.55 bits per heavy atom. The monoisotopic (exact) mass is 443 g/mol. The van der Waals surface area contributed by atoms with E-state index in [0.29, 0.717) is 22.8 Å². The van der Waals surface area contributed by atoms with Crippen LogP contribution in [0.15, 0.2) is 72.8 Å². The Bertz CT molecular complexity index is 1180. The van der Waals surface area contributed by atoms with E-state index in [1.54, 1.807) is 32.4 Å². The molecule has 0 bridgehead atoms. The molecule has 3 aromatic carbocycles. The Balaban J connectivity index is 1.64. The number of hydrogen-bond donors (Lipinski definition) is 0. The first kappa shape index (κ1) is 22.5. The summed E-state index contributed by atoms with van der Waals surface area (Å²) in [6.07, 6.45) is 2.26. The molecule has 0 spiro atoms. The molecule has 0 atom stereocenters. The molecule has 0 aliphatic carbocycles. The topological polar surface area (TPSA) is 48.0 Å². The van der Waals surface area contributed by atoms with Crippen molar-refractivity contribution in [1.29, 1.82) is 0 Å². The highest BCUT2D eigenvalue weighted by atomic mass is 16.5. The van der Waals surface area contributed by atoms with Gasteiger partial charge in [-0.05, 0) is 62.2 Å². The van der Waals surface area contributed by atoms with E-state index in [9.17, 15) is 4.79 Å². The Hall–Kier alpha value is -3.73. The van der Waals surface area contributed by atoms with E-state index in [0.717, 1.165) is 23.4 Å². The van der Waals surface area contributed by atoms with Gasteiger partial charge in [-0.2, -0.15) is 0 Å². The third-order valence-electron chi connectivity index (χ3n) is 5.93. The number of esters is 1. The van der Waals surface area contributed by atoms with Crippen LogP contribution in [0.2, 0.25) is 0 Å². The van der Waals surface area contributed by atoms with Crippen LogP contribution in [0.5, 0.6) is 17.2 Å². The van der Waals surface area contributed by atoms with Gasteiger partial charge in [-0.1, -0.05) is 36.4 Å². The molecule has 0 saturated heterocycles. The van der Waals surface area contributed by atoms with Gasteiger partial charge in [0, 0.05) is 23.9 Å². The molecular weight excluding hydrogens is 414 g/mol. The molecule has 33 heavy (non-hydrogen) atoms. The summed E-state index contributed by atoms with van der Waals surface area (Å²) in [5.74, 6) is 1.09. The van der Waals surface area contributed by atoms with Crippen LogP contribution in [0, 0.1) is 0 Å². The molecule has 0 unspecified atom stereocenters. The van der Waals surface area contributed by atoms with Crippen molar-refractivity contribution in [2.45, 2.75) is 32.9 Å². The summed E-state index contributed by atoms with van der Waals surface area (Å²) in [5, 5.41) is 0. The zero-order valence-corrected chi connectivity index (χ0v) is 19.7. The predicted molar refractivity (Wildman–Crippen MR) is 131 cm³/mol. The number of methoxy groups -OCH3 is 2. The van der Waals surface area contributed by atoms with Crippen LogP contribution in [0.1, 0.15) is 42.3 Å². The molecule has 4 rings (SSSR count). The predicted octanol–water partition coefficient (Wildman–Crippen LogP) is 6.13. The van der Waals surface area contributed by atoms with E-state index in [1.165, 1.54) is 5.56 Å². The van der Waals surface area contributed by atoms with Crippen molar-refractivity contribution in [2.24, 2.45) is 0 Å². The van der Waals surface area contributed by atoms with Gasteiger partial charge in [0.15, 0.2) is 0 Å². The highest BCUT2D eigenvalue weighted by Gasteiger charge is 2.31. The van der Waals surface area contributed by atoms with Gasteiger partial charge in [-0.3, -0.25) is 0 Å². The quantitative estimate of drug-likeness (QED) is 0.339. The maximum Gasteiger partial charge on any atom is 0.343 e. The number of nitrogens with zero attached hydrogens (tertiary/aromatic N) is 1. The third-order valence-corrected chi connectivity index (χ3v) is 5.93. The highest BCUT2D eigenvalue weighted by molar-refractivity contribution is 5.92. The molecule has 0 fully saturated rings. The minimum atomic E-state index is -0.467. The Morgan fingerprint density at radius 1 is 0.879 bits per heavy atom. The second-order valence-corrected chi connectivity index (χ2v) is 8.72. The van der Waals surface area contributed by atoms with Crippen molar-refractivity contribution in [1.82, 2.24) is 0 Å². The molecule has 0 N–H and O–H groups in total. The lowest BCUT2D eigenvalue weighted by Crippen LogP contribution is -2.44. The third kappa shape index (κ3) is 4.72. The summed E-state index contributed by atoms with van der Waals surface area (Å²) in [4.78, 5) is 15.2. The Labute approximate surface area is 195 Å². The van der Waals surface area contributed by atoms with Gasteiger partial charge < -0.3 is 19.1 Å². The van der Waals surface area contributed by atoms with Gasteiger partial charge in [0.25, 0.3) is 0 Å². The molecule has 0 radical (unpaired) electrons. The van der Waals surface area contributed by atoms with E-state index in [2.05, 4.69) is 56.0 Å². The fourth-order valence-corrected chi connectivity index (χ4v) is 4.27. The van der Waals surface area contributed by atoms with Crippen LogP contribution in [0.25, 0.3) is 5.57 Å². The molecule has 0 aromatic heterocycles. The molecule has 170 valence electrons. The summed E-state index contributed by atoms with van der Waals surface area (Å²) in [7, 11) is 3.09. The van der Waals surface area contributed by atoms with Gasteiger partial charge in [0.1, 0.15) is 17.2 Å². The van der Waals surface area contributed by atoms with Crippen LogP contribution >= 0.6 is 0 Å². The van der Waals surface area contributed by atoms with Gasteiger partial charge in [-0.15, -0.1) is 0 Å². The number of benzene rings is 3. The summed E-state index contributed by atoms with van der Waals surface area (Å²) in [6.45, 7) is 7.31. The smallest absolute Gasteiger partial charge is 0.343 e. The van der Waals surface area contributed by atoms with E-state index in [1.807, 2.05) is 24.3 Å². The van der Waals surface area contributed by atoms with Crippen molar-refractivity contribution < 1.29 is 19.0 Å². The van der Waals surface area contributed by atoms with E-state index < -0.39 is 5.97 Å². The largest absolute Gasteiger partial charge is 0.497 e. The van der Waals surface area contributed by atoms with Crippen LogP contribution < -0.4 is 19.1 Å². The highest BCUT2D eigenvalue weighted by Crippen LogP contribution is 2.41. The summed E-state index contributed by atoms with van der Waals surface area (Å²) >= 11 is 0. The summed E-state index contributed by atoms with van der Waals surface area (Å²) < 4.78 is 16.3.